The van der Waals surface area contributed by atoms with E-state index in [1.54, 1.807) is 6.07 Å². The number of halogens is 2. The summed E-state index contributed by atoms with van der Waals surface area (Å²) < 4.78 is 19.4. The second kappa shape index (κ2) is 5.48. The molecule has 0 saturated carbocycles. The maximum absolute atomic E-state index is 13.5. The van der Waals surface area contributed by atoms with Crippen LogP contribution in [0.4, 0.5) is 21.5 Å². The molecule has 0 aliphatic heterocycles. The monoisotopic (exact) mass is 324 g/mol. The summed E-state index contributed by atoms with van der Waals surface area (Å²) >= 11 is 3.46. The molecule has 2 rings (SSSR count). The van der Waals surface area contributed by atoms with Gasteiger partial charge in [0, 0.05) is 22.3 Å². The van der Waals surface area contributed by atoms with Gasteiger partial charge in [-0.15, -0.1) is 0 Å². The number of methoxy groups -OCH3 is 1. The van der Waals surface area contributed by atoms with Crippen LogP contribution in [0.5, 0.6) is 5.75 Å². The van der Waals surface area contributed by atoms with Crippen molar-refractivity contribution in [2.75, 3.05) is 18.2 Å². The van der Waals surface area contributed by atoms with Gasteiger partial charge in [-0.05, 0) is 24.6 Å². The molecule has 0 saturated heterocycles. The lowest BCUT2D eigenvalue weighted by molar-refractivity contribution is 0.387. The highest BCUT2D eigenvalue weighted by atomic mass is 79.9. The Hall–Kier alpha value is -1.75. The van der Waals surface area contributed by atoms with Crippen LogP contribution in [0.2, 0.25) is 0 Å². The van der Waals surface area contributed by atoms with Crippen LogP contribution < -0.4 is 15.8 Å². The van der Waals surface area contributed by atoms with Crippen molar-refractivity contribution >= 4 is 33.0 Å². The summed E-state index contributed by atoms with van der Waals surface area (Å²) in [5.74, 6) is -0.319. The molecule has 0 fully saturated rings. The van der Waals surface area contributed by atoms with Crippen molar-refractivity contribution in [3.8, 4) is 5.75 Å². The van der Waals surface area contributed by atoms with Crippen molar-refractivity contribution in [2.45, 2.75) is 6.92 Å². The molecule has 0 unspecified atom stereocenters. The first-order valence-corrected chi connectivity index (χ1v) is 6.47. The van der Waals surface area contributed by atoms with Gasteiger partial charge in [0.15, 0.2) is 11.6 Å². The van der Waals surface area contributed by atoms with Crippen molar-refractivity contribution < 1.29 is 9.13 Å². The predicted molar refractivity (Wildman–Crippen MR) is 79.5 cm³/mol. The molecule has 3 N–H and O–H groups in total. The van der Waals surface area contributed by atoms with Gasteiger partial charge in [-0.1, -0.05) is 22.0 Å². The van der Waals surface area contributed by atoms with Gasteiger partial charge in [-0.2, -0.15) is 0 Å². The number of ether oxygens (including phenoxy) is 1. The third-order valence-electron chi connectivity index (χ3n) is 2.86. The lowest BCUT2D eigenvalue weighted by Gasteiger charge is -2.14. The van der Waals surface area contributed by atoms with Crippen LogP contribution in [-0.4, -0.2) is 7.11 Å². The molecule has 2 aromatic carbocycles. The standard InChI is InChI=1S/C14H14BrFN2O/c1-8-9(15)4-3-5-12(8)18-13-7-14(19-2)10(16)6-11(13)17/h3-7,18H,17H2,1-2H3. The van der Waals surface area contributed by atoms with Gasteiger partial charge in [-0.3, -0.25) is 0 Å². The SMILES string of the molecule is COc1cc(Nc2cccc(Br)c2C)c(N)cc1F. The maximum atomic E-state index is 13.5. The molecule has 100 valence electrons. The highest BCUT2D eigenvalue weighted by Crippen LogP contribution is 2.32. The lowest BCUT2D eigenvalue weighted by Crippen LogP contribution is -2.00. The number of anilines is 3. The van der Waals surface area contributed by atoms with Crippen LogP contribution >= 0.6 is 15.9 Å². The highest BCUT2D eigenvalue weighted by Gasteiger charge is 2.10. The molecule has 0 aromatic heterocycles. The molecule has 0 atom stereocenters. The Kier molecular flexibility index (Phi) is 3.95. The Morgan fingerprint density at radius 2 is 2.00 bits per heavy atom. The molecule has 0 spiro atoms. The third-order valence-corrected chi connectivity index (χ3v) is 3.72. The van der Waals surface area contributed by atoms with Crippen LogP contribution in [-0.2, 0) is 0 Å². The number of nitrogen functional groups attached to an aromatic ring is 1. The molecule has 0 bridgehead atoms. The Bertz CT molecular complexity index is 617. The van der Waals surface area contributed by atoms with Crippen LogP contribution in [0.3, 0.4) is 0 Å². The van der Waals surface area contributed by atoms with Crippen LogP contribution in [0.25, 0.3) is 0 Å². The minimum absolute atomic E-state index is 0.157. The fourth-order valence-electron chi connectivity index (χ4n) is 1.72. The first-order valence-electron chi connectivity index (χ1n) is 5.68. The average Bonchev–Trinajstić information content (AvgIpc) is 2.38. The van der Waals surface area contributed by atoms with Gasteiger partial charge in [0.1, 0.15) is 0 Å². The number of hydrogen-bond acceptors (Lipinski definition) is 3. The Labute approximate surface area is 119 Å². The van der Waals surface area contributed by atoms with Crippen molar-refractivity contribution in [2.24, 2.45) is 0 Å². The number of nitrogens with two attached hydrogens (primary N) is 1. The molecule has 0 heterocycles. The Balaban J connectivity index is 2.41. The molecule has 0 radical (unpaired) electrons. The molecule has 19 heavy (non-hydrogen) atoms. The normalized spacial score (nSPS) is 10.3. The van der Waals surface area contributed by atoms with Crippen LogP contribution in [0, 0.1) is 12.7 Å². The molecule has 5 heteroatoms. The van der Waals surface area contributed by atoms with Crippen molar-refractivity contribution in [3.05, 3.63) is 46.2 Å². The summed E-state index contributed by atoms with van der Waals surface area (Å²) in [6.45, 7) is 1.98. The first kappa shape index (κ1) is 13.7. The van der Waals surface area contributed by atoms with Crippen molar-refractivity contribution in [3.63, 3.8) is 0 Å². The van der Waals surface area contributed by atoms with Gasteiger partial charge in [0.25, 0.3) is 0 Å². The lowest BCUT2D eigenvalue weighted by atomic mass is 10.2. The van der Waals surface area contributed by atoms with E-state index in [0.717, 1.165) is 15.7 Å². The van der Waals surface area contributed by atoms with E-state index in [1.165, 1.54) is 13.2 Å². The van der Waals surface area contributed by atoms with Gasteiger partial charge in [0.05, 0.1) is 18.5 Å². The first-order chi connectivity index (χ1) is 9.02. The van der Waals surface area contributed by atoms with E-state index in [0.29, 0.717) is 11.4 Å². The van der Waals surface area contributed by atoms with E-state index < -0.39 is 5.82 Å². The van der Waals surface area contributed by atoms with Crippen LogP contribution in [0.1, 0.15) is 5.56 Å². The van der Waals surface area contributed by atoms with Gasteiger partial charge >= 0.3 is 0 Å². The molecule has 3 nitrogen and oxygen atoms in total. The second-order valence-corrected chi connectivity index (χ2v) is 4.97. The van der Waals surface area contributed by atoms with Crippen molar-refractivity contribution in [1.82, 2.24) is 0 Å². The summed E-state index contributed by atoms with van der Waals surface area (Å²) in [5.41, 5.74) is 8.70. The minimum atomic E-state index is -0.475. The number of rotatable bonds is 3. The average molecular weight is 325 g/mol. The predicted octanol–water partition coefficient (Wildman–Crippen LogP) is 4.23. The van der Waals surface area contributed by atoms with E-state index >= 15 is 0 Å². The minimum Gasteiger partial charge on any atom is -0.494 e. The summed E-state index contributed by atoms with van der Waals surface area (Å²) in [6, 6.07) is 8.58. The summed E-state index contributed by atoms with van der Waals surface area (Å²) in [5, 5.41) is 3.18. The maximum Gasteiger partial charge on any atom is 0.167 e. The van der Waals surface area contributed by atoms with Gasteiger partial charge in [0.2, 0.25) is 0 Å². The van der Waals surface area contributed by atoms with E-state index in [2.05, 4.69) is 21.2 Å². The molecule has 0 aliphatic carbocycles. The quantitative estimate of drug-likeness (QED) is 0.830. The largest absolute Gasteiger partial charge is 0.494 e. The summed E-state index contributed by atoms with van der Waals surface area (Å²) in [7, 11) is 1.42. The Morgan fingerprint density at radius 1 is 1.26 bits per heavy atom. The Morgan fingerprint density at radius 3 is 2.68 bits per heavy atom. The highest BCUT2D eigenvalue weighted by molar-refractivity contribution is 9.10. The smallest absolute Gasteiger partial charge is 0.167 e. The van der Waals surface area contributed by atoms with E-state index in [9.17, 15) is 4.39 Å². The molecule has 2 aromatic rings. The molecular formula is C14H14BrFN2O. The molecule has 0 aliphatic rings. The zero-order valence-corrected chi connectivity index (χ0v) is 12.2. The van der Waals surface area contributed by atoms with E-state index in [1.807, 2.05) is 25.1 Å². The topological polar surface area (TPSA) is 47.3 Å². The molecule has 0 amide bonds. The van der Waals surface area contributed by atoms with Gasteiger partial charge in [-0.25, -0.2) is 4.39 Å². The summed E-state index contributed by atoms with van der Waals surface area (Å²) in [4.78, 5) is 0. The van der Waals surface area contributed by atoms with E-state index in [4.69, 9.17) is 10.5 Å². The zero-order valence-electron chi connectivity index (χ0n) is 10.6. The second-order valence-electron chi connectivity index (χ2n) is 4.11. The molecular weight excluding hydrogens is 311 g/mol. The van der Waals surface area contributed by atoms with Gasteiger partial charge < -0.3 is 15.8 Å². The van der Waals surface area contributed by atoms with Crippen molar-refractivity contribution in [1.29, 1.82) is 0 Å². The number of hydrogen-bond donors (Lipinski definition) is 2. The summed E-state index contributed by atoms with van der Waals surface area (Å²) in [6.07, 6.45) is 0. The number of benzene rings is 2. The third kappa shape index (κ3) is 2.81. The fourth-order valence-corrected chi connectivity index (χ4v) is 2.09. The van der Waals surface area contributed by atoms with E-state index in [-0.39, 0.29) is 5.75 Å². The fraction of sp³-hybridized carbons (Fsp3) is 0.143. The van der Waals surface area contributed by atoms with Crippen LogP contribution in [0.15, 0.2) is 34.8 Å². The number of nitrogens with one attached hydrogen (secondary N) is 1. The zero-order chi connectivity index (χ0) is 14.0.